The van der Waals surface area contributed by atoms with E-state index in [0.29, 0.717) is 19.5 Å². The number of hydrogen-bond donors (Lipinski definition) is 2. The van der Waals surface area contributed by atoms with E-state index in [1.165, 1.54) is 0 Å². The normalized spacial score (nSPS) is 11.7. The van der Waals surface area contributed by atoms with Gasteiger partial charge in [0.2, 0.25) is 5.91 Å². The first-order valence-electron chi connectivity index (χ1n) is 6.35. The highest BCUT2D eigenvalue weighted by molar-refractivity contribution is 5.85. The number of likely N-dealkylation sites (N-methyl/N-ethyl adjacent to an activating group) is 1. The van der Waals surface area contributed by atoms with Crippen LogP contribution in [-0.4, -0.2) is 45.1 Å². The SMILES string of the molecule is COc1cccc(C(CNC(=O)CCN)N(C)C)c1.Cl. The third-order valence-corrected chi connectivity index (χ3v) is 2.97. The Kier molecular flexibility index (Phi) is 8.96. The summed E-state index contributed by atoms with van der Waals surface area (Å²) in [6.45, 7) is 0.927. The highest BCUT2D eigenvalue weighted by Crippen LogP contribution is 2.21. The van der Waals surface area contributed by atoms with Crippen molar-refractivity contribution in [3.8, 4) is 5.75 Å². The van der Waals surface area contributed by atoms with Crippen molar-refractivity contribution in [2.45, 2.75) is 12.5 Å². The first-order chi connectivity index (χ1) is 9.08. The number of amides is 1. The molecule has 1 rings (SSSR count). The molecule has 0 aliphatic heterocycles. The van der Waals surface area contributed by atoms with Gasteiger partial charge in [0, 0.05) is 19.5 Å². The fourth-order valence-electron chi connectivity index (χ4n) is 1.88. The third kappa shape index (κ3) is 5.77. The van der Waals surface area contributed by atoms with Crippen molar-refractivity contribution in [3.63, 3.8) is 0 Å². The van der Waals surface area contributed by atoms with Crippen molar-refractivity contribution in [2.24, 2.45) is 5.73 Å². The Bertz CT molecular complexity index is 413. The number of rotatable bonds is 7. The van der Waals surface area contributed by atoms with Gasteiger partial charge in [0.1, 0.15) is 5.75 Å². The fourth-order valence-corrected chi connectivity index (χ4v) is 1.88. The zero-order valence-electron chi connectivity index (χ0n) is 12.3. The Morgan fingerprint density at radius 2 is 2.15 bits per heavy atom. The standard InChI is InChI=1S/C14H23N3O2.ClH/c1-17(2)13(10-16-14(18)7-8-15)11-5-4-6-12(9-11)19-3;/h4-6,9,13H,7-8,10,15H2,1-3H3,(H,16,18);1H. The lowest BCUT2D eigenvalue weighted by atomic mass is 10.1. The summed E-state index contributed by atoms with van der Waals surface area (Å²) in [5.74, 6) is 0.801. The first kappa shape index (κ1) is 18.7. The second kappa shape index (κ2) is 9.58. The van der Waals surface area contributed by atoms with Crippen LogP contribution in [-0.2, 0) is 4.79 Å². The molecule has 6 heteroatoms. The van der Waals surface area contributed by atoms with E-state index in [1.807, 2.05) is 38.4 Å². The molecule has 1 atom stereocenters. The van der Waals surface area contributed by atoms with Crippen LogP contribution in [0.5, 0.6) is 5.75 Å². The maximum atomic E-state index is 11.5. The number of hydrogen-bond acceptors (Lipinski definition) is 4. The van der Waals surface area contributed by atoms with Gasteiger partial charge in [-0.1, -0.05) is 12.1 Å². The summed E-state index contributed by atoms with van der Waals surface area (Å²) < 4.78 is 5.23. The zero-order chi connectivity index (χ0) is 14.3. The average Bonchev–Trinajstić information content (AvgIpc) is 2.39. The van der Waals surface area contributed by atoms with Crippen LogP contribution in [0.15, 0.2) is 24.3 Å². The summed E-state index contributed by atoms with van der Waals surface area (Å²) in [5, 5.41) is 2.90. The number of carbonyl (C=O) groups excluding carboxylic acids is 1. The van der Waals surface area contributed by atoms with Gasteiger partial charge < -0.3 is 20.7 Å². The molecular formula is C14H24ClN3O2. The molecule has 0 aliphatic rings. The molecule has 0 aliphatic carbocycles. The molecule has 1 unspecified atom stereocenters. The van der Waals surface area contributed by atoms with Crippen LogP contribution in [0.3, 0.4) is 0 Å². The number of ether oxygens (including phenoxy) is 1. The molecule has 20 heavy (non-hydrogen) atoms. The van der Waals surface area contributed by atoms with Gasteiger partial charge in [-0.05, 0) is 31.8 Å². The van der Waals surface area contributed by atoms with Crippen LogP contribution < -0.4 is 15.8 Å². The summed E-state index contributed by atoms with van der Waals surface area (Å²) in [6.07, 6.45) is 0.359. The Hall–Kier alpha value is -1.30. The molecule has 5 nitrogen and oxygen atoms in total. The molecule has 0 saturated heterocycles. The highest BCUT2D eigenvalue weighted by Gasteiger charge is 2.15. The molecule has 0 saturated carbocycles. The largest absolute Gasteiger partial charge is 0.497 e. The predicted octanol–water partition coefficient (Wildman–Crippen LogP) is 1.18. The molecule has 0 fully saturated rings. The molecule has 0 radical (unpaired) electrons. The third-order valence-electron chi connectivity index (χ3n) is 2.97. The van der Waals surface area contributed by atoms with E-state index in [0.717, 1.165) is 11.3 Å². The Balaban J connectivity index is 0.00000361. The van der Waals surface area contributed by atoms with E-state index >= 15 is 0 Å². The topological polar surface area (TPSA) is 67.6 Å². The number of halogens is 1. The average molecular weight is 302 g/mol. The monoisotopic (exact) mass is 301 g/mol. The number of carbonyl (C=O) groups is 1. The first-order valence-corrected chi connectivity index (χ1v) is 6.35. The summed E-state index contributed by atoms with van der Waals surface area (Å²) in [5.41, 5.74) is 6.47. The number of methoxy groups -OCH3 is 1. The summed E-state index contributed by atoms with van der Waals surface area (Å²) in [7, 11) is 5.62. The molecule has 1 aromatic rings. The lowest BCUT2D eigenvalue weighted by Gasteiger charge is -2.25. The minimum Gasteiger partial charge on any atom is -0.497 e. The predicted molar refractivity (Wildman–Crippen MR) is 83.4 cm³/mol. The smallest absolute Gasteiger partial charge is 0.221 e. The minimum absolute atomic E-state index is 0. The van der Waals surface area contributed by atoms with Crippen LogP contribution in [0, 0.1) is 0 Å². The number of nitrogens with zero attached hydrogens (tertiary/aromatic N) is 1. The van der Waals surface area contributed by atoms with Gasteiger partial charge in [0.05, 0.1) is 13.2 Å². The lowest BCUT2D eigenvalue weighted by molar-refractivity contribution is -0.121. The van der Waals surface area contributed by atoms with Crippen LogP contribution in [0.2, 0.25) is 0 Å². The van der Waals surface area contributed by atoms with E-state index in [4.69, 9.17) is 10.5 Å². The van der Waals surface area contributed by atoms with Crippen molar-refractivity contribution in [1.82, 2.24) is 10.2 Å². The van der Waals surface area contributed by atoms with Gasteiger partial charge in [-0.15, -0.1) is 12.4 Å². The van der Waals surface area contributed by atoms with Crippen LogP contribution in [0.1, 0.15) is 18.0 Å². The maximum Gasteiger partial charge on any atom is 0.221 e. The van der Waals surface area contributed by atoms with Crippen molar-refractivity contribution < 1.29 is 9.53 Å². The van der Waals surface area contributed by atoms with E-state index in [9.17, 15) is 4.79 Å². The molecule has 0 spiro atoms. The van der Waals surface area contributed by atoms with Gasteiger partial charge in [-0.3, -0.25) is 4.79 Å². The zero-order valence-corrected chi connectivity index (χ0v) is 13.1. The summed E-state index contributed by atoms with van der Waals surface area (Å²) in [4.78, 5) is 13.6. The van der Waals surface area contributed by atoms with Crippen LogP contribution >= 0.6 is 12.4 Å². The lowest BCUT2D eigenvalue weighted by Crippen LogP contribution is -2.35. The second-order valence-electron chi connectivity index (χ2n) is 4.60. The number of benzene rings is 1. The molecule has 0 bridgehead atoms. The van der Waals surface area contributed by atoms with E-state index < -0.39 is 0 Å². The summed E-state index contributed by atoms with van der Waals surface area (Å²) >= 11 is 0. The Morgan fingerprint density at radius 1 is 1.45 bits per heavy atom. The Labute approximate surface area is 126 Å². The number of nitrogens with one attached hydrogen (secondary N) is 1. The van der Waals surface area contributed by atoms with Crippen molar-refractivity contribution in [2.75, 3.05) is 34.3 Å². The van der Waals surface area contributed by atoms with E-state index in [2.05, 4.69) is 10.2 Å². The highest BCUT2D eigenvalue weighted by atomic mass is 35.5. The van der Waals surface area contributed by atoms with Gasteiger partial charge in [0.25, 0.3) is 0 Å². The molecule has 0 aromatic heterocycles. The van der Waals surface area contributed by atoms with Crippen molar-refractivity contribution in [3.05, 3.63) is 29.8 Å². The van der Waals surface area contributed by atoms with Crippen molar-refractivity contribution in [1.29, 1.82) is 0 Å². The molecule has 1 aromatic carbocycles. The quantitative estimate of drug-likeness (QED) is 0.794. The fraction of sp³-hybridized carbons (Fsp3) is 0.500. The number of nitrogens with two attached hydrogens (primary N) is 1. The minimum atomic E-state index is -0.0164. The molecule has 1 amide bonds. The molecule has 3 N–H and O–H groups in total. The van der Waals surface area contributed by atoms with Crippen molar-refractivity contribution >= 4 is 18.3 Å². The molecular weight excluding hydrogens is 278 g/mol. The van der Waals surface area contributed by atoms with E-state index in [-0.39, 0.29) is 24.4 Å². The van der Waals surface area contributed by atoms with Gasteiger partial charge in [-0.25, -0.2) is 0 Å². The summed E-state index contributed by atoms with van der Waals surface area (Å²) in [6, 6.07) is 7.98. The van der Waals surface area contributed by atoms with Crippen LogP contribution in [0.25, 0.3) is 0 Å². The Morgan fingerprint density at radius 3 is 2.70 bits per heavy atom. The van der Waals surface area contributed by atoms with Crippen LogP contribution in [0.4, 0.5) is 0 Å². The second-order valence-corrected chi connectivity index (χ2v) is 4.60. The molecule has 114 valence electrons. The van der Waals surface area contributed by atoms with Gasteiger partial charge >= 0.3 is 0 Å². The van der Waals surface area contributed by atoms with E-state index in [1.54, 1.807) is 7.11 Å². The van der Waals surface area contributed by atoms with Gasteiger partial charge in [-0.2, -0.15) is 0 Å². The maximum absolute atomic E-state index is 11.5. The van der Waals surface area contributed by atoms with Gasteiger partial charge in [0.15, 0.2) is 0 Å². The molecule has 0 heterocycles.